The second kappa shape index (κ2) is 7.98. The number of piperidine rings is 1. The lowest BCUT2D eigenvalue weighted by Crippen LogP contribution is -2.29. The van der Waals surface area contributed by atoms with Crippen LogP contribution in [0.4, 0.5) is 0 Å². The van der Waals surface area contributed by atoms with Gasteiger partial charge < -0.3 is 4.90 Å². The summed E-state index contributed by atoms with van der Waals surface area (Å²) in [6.07, 6.45) is 6.76. The Kier molecular flexibility index (Phi) is 5.26. The molecule has 8 heteroatoms. The maximum atomic E-state index is 13.3. The van der Waals surface area contributed by atoms with Crippen LogP contribution in [0.25, 0.3) is 22.6 Å². The summed E-state index contributed by atoms with van der Waals surface area (Å²) in [7, 11) is 2.15. The number of nitrogens with zero attached hydrogens (tertiary/aromatic N) is 6. The minimum absolute atomic E-state index is 0.0913. The van der Waals surface area contributed by atoms with E-state index in [1.165, 1.54) is 5.56 Å². The lowest BCUT2D eigenvalue weighted by Gasteiger charge is -2.29. The summed E-state index contributed by atoms with van der Waals surface area (Å²) in [5, 5.41) is 4.76. The van der Waals surface area contributed by atoms with Gasteiger partial charge in [-0.25, -0.2) is 9.50 Å². The Balaban J connectivity index is 1.65. The van der Waals surface area contributed by atoms with Crippen LogP contribution in [0.3, 0.4) is 0 Å². The molecule has 7 nitrogen and oxygen atoms in total. The summed E-state index contributed by atoms with van der Waals surface area (Å²) in [5.41, 5.74) is 6.24. The van der Waals surface area contributed by atoms with E-state index in [9.17, 15) is 4.79 Å². The standard InChI is InChI=1S/C24H27ClN6O/c1-5-18-20-11-19(28-31(20)12-15(3)26-18)22-21(25)24(32)30-13-17(10-14(2)23(30)27-22)16-6-8-29(4)9-7-16/h10-13,16H,5-9H2,1-4H3. The highest BCUT2D eigenvalue weighted by atomic mass is 35.5. The van der Waals surface area contributed by atoms with Crippen LogP contribution in [0.5, 0.6) is 0 Å². The van der Waals surface area contributed by atoms with Crippen LogP contribution in [0.2, 0.25) is 5.02 Å². The molecule has 0 aromatic carbocycles. The highest BCUT2D eigenvalue weighted by Gasteiger charge is 2.22. The fraction of sp³-hybridized carbons (Fsp3) is 0.417. The normalized spacial score (nSPS) is 15.8. The molecule has 0 unspecified atom stereocenters. The fourth-order valence-corrected chi connectivity index (χ4v) is 4.94. The summed E-state index contributed by atoms with van der Waals surface area (Å²) in [6.45, 7) is 8.14. The van der Waals surface area contributed by atoms with E-state index in [0.717, 1.165) is 54.8 Å². The molecule has 1 saturated heterocycles. The molecule has 1 aliphatic rings. The number of pyridine rings is 1. The van der Waals surface area contributed by atoms with Crippen LogP contribution >= 0.6 is 11.6 Å². The van der Waals surface area contributed by atoms with Crippen LogP contribution in [0.1, 0.15) is 48.2 Å². The summed E-state index contributed by atoms with van der Waals surface area (Å²) in [6, 6.07) is 4.08. The van der Waals surface area contributed by atoms with E-state index in [2.05, 4.69) is 35.0 Å². The SMILES string of the molecule is CCc1nc(C)cn2nc(-c3nc4c(C)cc(C5CCN(C)CC5)cn4c(=O)c3Cl)cc12. The Morgan fingerprint density at radius 2 is 1.88 bits per heavy atom. The molecule has 32 heavy (non-hydrogen) atoms. The zero-order valence-corrected chi connectivity index (χ0v) is 19.6. The molecular weight excluding hydrogens is 424 g/mol. The van der Waals surface area contributed by atoms with Gasteiger partial charge >= 0.3 is 0 Å². The van der Waals surface area contributed by atoms with Crippen LogP contribution in [0.15, 0.2) is 29.3 Å². The lowest BCUT2D eigenvalue weighted by atomic mass is 9.90. The summed E-state index contributed by atoms with van der Waals surface area (Å²) in [5.74, 6) is 0.446. The second-order valence-corrected chi connectivity index (χ2v) is 9.23. The molecule has 5 rings (SSSR count). The van der Waals surface area contributed by atoms with E-state index in [1.54, 1.807) is 8.92 Å². The molecule has 4 aromatic rings. The van der Waals surface area contributed by atoms with Crippen molar-refractivity contribution in [2.24, 2.45) is 0 Å². The third-order valence-electron chi connectivity index (χ3n) is 6.49. The number of likely N-dealkylation sites (tertiary alicyclic amines) is 1. The largest absolute Gasteiger partial charge is 0.306 e. The Morgan fingerprint density at radius 3 is 2.59 bits per heavy atom. The lowest BCUT2D eigenvalue weighted by molar-refractivity contribution is 0.255. The Hall–Kier alpha value is -2.77. The zero-order chi connectivity index (χ0) is 22.6. The van der Waals surface area contributed by atoms with Crippen molar-refractivity contribution in [3.8, 4) is 11.4 Å². The molecule has 0 saturated carbocycles. The first kappa shape index (κ1) is 21.1. The average Bonchev–Trinajstić information content (AvgIpc) is 3.20. The molecule has 0 aliphatic carbocycles. The van der Waals surface area contributed by atoms with Crippen molar-refractivity contribution in [2.75, 3.05) is 20.1 Å². The summed E-state index contributed by atoms with van der Waals surface area (Å²) >= 11 is 6.58. The van der Waals surface area contributed by atoms with Gasteiger partial charge in [-0.1, -0.05) is 24.6 Å². The quantitative estimate of drug-likeness (QED) is 0.471. The molecule has 166 valence electrons. The van der Waals surface area contributed by atoms with Gasteiger partial charge in [-0.05, 0) is 76.4 Å². The van der Waals surface area contributed by atoms with Crippen LogP contribution in [-0.2, 0) is 6.42 Å². The molecule has 0 radical (unpaired) electrons. The molecule has 1 fully saturated rings. The number of hydrogen-bond donors (Lipinski definition) is 0. The molecule has 0 bridgehead atoms. The first-order valence-corrected chi connectivity index (χ1v) is 11.5. The molecule has 0 spiro atoms. The van der Waals surface area contributed by atoms with E-state index in [1.807, 2.05) is 32.3 Å². The van der Waals surface area contributed by atoms with Crippen molar-refractivity contribution in [1.82, 2.24) is 28.9 Å². The highest BCUT2D eigenvalue weighted by Crippen LogP contribution is 2.30. The minimum Gasteiger partial charge on any atom is -0.306 e. The van der Waals surface area contributed by atoms with E-state index in [4.69, 9.17) is 16.6 Å². The maximum absolute atomic E-state index is 13.3. The highest BCUT2D eigenvalue weighted by molar-refractivity contribution is 6.32. The number of aromatic nitrogens is 5. The summed E-state index contributed by atoms with van der Waals surface area (Å²) < 4.78 is 3.40. The van der Waals surface area contributed by atoms with Gasteiger partial charge in [0.2, 0.25) is 0 Å². The molecular formula is C24H27ClN6O. The van der Waals surface area contributed by atoms with Gasteiger partial charge in [-0.3, -0.25) is 14.2 Å². The van der Waals surface area contributed by atoms with Crippen molar-refractivity contribution < 1.29 is 0 Å². The van der Waals surface area contributed by atoms with E-state index < -0.39 is 0 Å². The molecule has 0 amide bonds. The van der Waals surface area contributed by atoms with Gasteiger partial charge in [0.15, 0.2) is 0 Å². The Morgan fingerprint density at radius 1 is 1.12 bits per heavy atom. The van der Waals surface area contributed by atoms with Crippen molar-refractivity contribution in [3.05, 3.63) is 62.4 Å². The predicted molar refractivity (Wildman–Crippen MR) is 127 cm³/mol. The van der Waals surface area contributed by atoms with Crippen LogP contribution in [-0.4, -0.2) is 49.0 Å². The average molecular weight is 451 g/mol. The third kappa shape index (κ3) is 3.49. The first-order chi connectivity index (χ1) is 15.4. The first-order valence-electron chi connectivity index (χ1n) is 11.1. The topological polar surface area (TPSA) is 67.8 Å². The summed E-state index contributed by atoms with van der Waals surface area (Å²) in [4.78, 5) is 25.0. The molecule has 0 N–H and O–H groups in total. The van der Waals surface area contributed by atoms with Crippen LogP contribution < -0.4 is 5.56 Å². The van der Waals surface area contributed by atoms with Crippen molar-refractivity contribution in [2.45, 2.75) is 46.0 Å². The Bertz CT molecular complexity index is 1400. The second-order valence-electron chi connectivity index (χ2n) is 8.85. The zero-order valence-electron chi connectivity index (χ0n) is 18.9. The molecule has 1 aliphatic heterocycles. The molecule has 4 aromatic heterocycles. The minimum atomic E-state index is -0.258. The van der Waals surface area contributed by atoms with Crippen LogP contribution in [0, 0.1) is 13.8 Å². The van der Waals surface area contributed by atoms with Crippen molar-refractivity contribution in [1.29, 1.82) is 0 Å². The van der Waals surface area contributed by atoms with Gasteiger partial charge in [0.05, 0.1) is 23.1 Å². The van der Waals surface area contributed by atoms with Gasteiger partial charge in [-0.15, -0.1) is 0 Å². The molecule has 5 heterocycles. The van der Waals surface area contributed by atoms with E-state index in [-0.39, 0.29) is 10.6 Å². The Labute approximate surface area is 191 Å². The number of rotatable bonds is 3. The van der Waals surface area contributed by atoms with E-state index >= 15 is 0 Å². The maximum Gasteiger partial charge on any atom is 0.277 e. The third-order valence-corrected chi connectivity index (χ3v) is 6.83. The van der Waals surface area contributed by atoms with Crippen molar-refractivity contribution >= 4 is 22.8 Å². The number of fused-ring (bicyclic) bond motifs is 2. The van der Waals surface area contributed by atoms with Crippen molar-refractivity contribution in [3.63, 3.8) is 0 Å². The van der Waals surface area contributed by atoms with Gasteiger partial charge in [0, 0.05) is 6.20 Å². The van der Waals surface area contributed by atoms with E-state index in [0.29, 0.717) is 23.0 Å². The van der Waals surface area contributed by atoms with Gasteiger partial charge in [-0.2, -0.15) is 5.10 Å². The van der Waals surface area contributed by atoms with Gasteiger partial charge in [0.1, 0.15) is 22.1 Å². The predicted octanol–water partition coefficient (Wildman–Crippen LogP) is 4.05. The monoisotopic (exact) mass is 450 g/mol. The fourth-order valence-electron chi connectivity index (χ4n) is 4.71. The van der Waals surface area contributed by atoms with Gasteiger partial charge in [0.25, 0.3) is 5.56 Å². The smallest absolute Gasteiger partial charge is 0.277 e. The number of aryl methyl sites for hydroxylation is 3. The number of halogens is 1. The molecule has 0 atom stereocenters. The number of hydrogen-bond acceptors (Lipinski definition) is 5.